The number of rotatable bonds is 12. The fourth-order valence-corrected chi connectivity index (χ4v) is 2.66. The summed E-state index contributed by atoms with van der Waals surface area (Å²) in [6, 6.07) is 4.35. The number of phosphoric acid groups is 1. The molecule has 25 heavy (non-hydrogen) atoms. The van der Waals surface area contributed by atoms with Crippen LogP contribution in [-0.4, -0.2) is 74.9 Å². The van der Waals surface area contributed by atoms with Crippen LogP contribution in [0.3, 0.4) is 0 Å². The van der Waals surface area contributed by atoms with Crippen LogP contribution in [0.4, 0.5) is 0 Å². The third-order valence-corrected chi connectivity index (χ3v) is 4.64. The molecule has 0 radical (unpaired) electrons. The maximum absolute atomic E-state index is 11.7. The first-order valence-corrected chi connectivity index (χ1v) is 9.07. The minimum absolute atomic E-state index is 0.0740. The van der Waals surface area contributed by atoms with Crippen molar-refractivity contribution in [3.63, 3.8) is 0 Å². The maximum atomic E-state index is 11.7. The van der Waals surface area contributed by atoms with Gasteiger partial charge in [0.25, 0.3) is 0 Å². The van der Waals surface area contributed by atoms with Crippen molar-refractivity contribution in [2.75, 3.05) is 40.0 Å². The highest BCUT2D eigenvalue weighted by Crippen LogP contribution is 2.43. The van der Waals surface area contributed by atoms with E-state index in [-0.39, 0.29) is 31.3 Å². The minimum Gasteiger partial charge on any atom is -0.504 e. The molecule has 0 saturated carbocycles. The first-order valence-electron chi connectivity index (χ1n) is 7.58. The minimum atomic E-state index is -4.29. The summed E-state index contributed by atoms with van der Waals surface area (Å²) in [6.45, 7) is -2.10. The highest BCUT2D eigenvalue weighted by molar-refractivity contribution is 7.47. The average Bonchev–Trinajstić information content (AvgIpc) is 2.59. The smallest absolute Gasteiger partial charge is 0.472 e. The SMILES string of the molecule is O=P(O)(OCCCc1ccc(O)c(O)c1)OCC[N+](CO)(CO)CO. The first-order chi connectivity index (χ1) is 11.8. The summed E-state index contributed by atoms with van der Waals surface area (Å²) in [5.41, 5.74) is 0.725. The van der Waals surface area contributed by atoms with Crippen LogP contribution < -0.4 is 0 Å². The van der Waals surface area contributed by atoms with Crippen molar-refractivity contribution < 1.29 is 48.5 Å². The highest BCUT2D eigenvalue weighted by Gasteiger charge is 2.27. The molecule has 0 bridgehead atoms. The van der Waals surface area contributed by atoms with Crippen molar-refractivity contribution >= 4 is 7.82 Å². The predicted molar refractivity (Wildman–Crippen MR) is 86.2 cm³/mol. The molecule has 6 N–H and O–H groups in total. The predicted octanol–water partition coefficient (Wildman–Crippen LogP) is -0.170. The zero-order valence-corrected chi connectivity index (χ0v) is 14.6. The normalized spacial score (nSPS) is 14.4. The molecule has 144 valence electrons. The number of phenols is 2. The van der Waals surface area contributed by atoms with Gasteiger partial charge in [-0.15, -0.1) is 0 Å². The lowest BCUT2D eigenvalue weighted by molar-refractivity contribution is -0.976. The van der Waals surface area contributed by atoms with Crippen LogP contribution in [0.15, 0.2) is 18.2 Å². The topological polar surface area (TPSA) is 157 Å². The Labute approximate surface area is 145 Å². The van der Waals surface area contributed by atoms with Crippen molar-refractivity contribution in [3.05, 3.63) is 23.8 Å². The third-order valence-electron chi connectivity index (χ3n) is 3.62. The summed E-state index contributed by atoms with van der Waals surface area (Å²) in [6.07, 6.45) is 0.829. The quantitative estimate of drug-likeness (QED) is 0.0949. The second kappa shape index (κ2) is 10.0. The molecule has 0 saturated heterocycles. The van der Waals surface area contributed by atoms with Gasteiger partial charge in [-0.1, -0.05) is 6.07 Å². The molecule has 10 nitrogen and oxygen atoms in total. The molecule has 11 heteroatoms. The van der Waals surface area contributed by atoms with Crippen LogP contribution in [-0.2, 0) is 20.0 Å². The molecule has 1 rings (SSSR count). The Bertz CT molecular complexity index is 571. The van der Waals surface area contributed by atoms with Gasteiger partial charge in [0.15, 0.2) is 31.7 Å². The van der Waals surface area contributed by atoms with Crippen LogP contribution in [0.5, 0.6) is 11.5 Å². The van der Waals surface area contributed by atoms with Gasteiger partial charge in [0.05, 0.1) is 6.61 Å². The lowest BCUT2D eigenvalue weighted by Crippen LogP contribution is -2.52. The number of aliphatic hydroxyl groups is 3. The fraction of sp³-hybridized carbons (Fsp3) is 0.571. The summed E-state index contributed by atoms with van der Waals surface area (Å²) >= 11 is 0. The Kier molecular flexibility index (Phi) is 8.77. The van der Waals surface area contributed by atoms with Crippen LogP contribution in [0.25, 0.3) is 0 Å². The summed E-state index contributed by atoms with van der Waals surface area (Å²) in [5, 5.41) is 45.9. The number of aryl methyl sites for hydroxylation is 1. The van der Waals surface area contributed by atoms with Crippen LogP contribution >= 0.6 is 7.82 Å². The van der Waals surface area contributed by atoms with E-state index in [0.29, 0.717) is 12.8 Å². The van der Waals surface area contributed by atoms with Crippen LogP contribution in [0, 0.1) is 0 Å². The van der Waals surface area contributed by atoms with Gasteiger partial charge in [0, 0.05) is 0 Å². The Morgan fingerprint density at radius 1 is 0.960 bits per heavy atom. The number of phenolic OH excluding ortho intramolecular Hbond substituents is 2. The third kappa shape index (κ3) is 7.27. The molecule has 0 heterocycles. The summed E-state index contributed by atoms with van der Waals surface area (Å²) < 4.78 is 20.8. The Morgan fingerprint density at radius 2 is 1.56 bits per heavy atom. The molecule has 0 aliphatic rings. The number of hydrogen-bond acceptors (Lipinski definition) is 8. The van der Waals surface area contributed by atoms with E-state index in [1.807, 2.05) is 0 Å². The van der Waals surface area contributed by atoms with Gasteiger partial charge in [-0.05, 0) is 30.5 Å². The molecule has 0 aliphatic heterocycles. The van der Waals surface area contributed by atoms with E-state index >= 15 is 0 Å². The van der Waals surface area contributed by atoms with E-state index in [1.54, 1.807) is 6.07 Å². The number of nitrogens with zero attached hydrogens (tertiary/aromatic N) is 1. The Morgan fingerprint density at radius 3 is 2.12 bits per heavy atom. The molecular formula is C14H25NO9P+. The molecule has 0 amide bonds. The van der Waals surface area contributed by atoms with Gasteiger partial charge >= 0.3 is 7.82 Å². The van der Waals surface area contributed by atoms with E-state index in [2.05, 4.69) is 0 Å². The van der Waals surface area contributed by atoms with E-state index in [9.17, 15) is 19.7 Å². The van der Waals surface area contributed by atoms with Gasteiger partial charge in [0.2, 0.25) is 0 Å². The van der Waals surface area contributed by atoms with E-state index in [0.717, 1.165) is 5.56 Å². The average molecular weight is 382 g/mol. The Hall–Kier alpha value is -1.23. The summed E-state index contributed by atoms with van der Waals surface area (Å²) in [4.78, 5) is 9.55. The molecule has 0 aliphatic carbocycles. The van der Waals surface area contributed by atoms with Gasteiger partial charge < -0.3 is 30.4 Å². The molecule has 0 spiro atoms. The first kappa shape index (κ1) is 21.8. The lowest BCUT2D eigenvalue weighted by atomic mass is 10.1. The summed E-state index contributed by atoms with van der Waals surface area (Å²) in [5.74, 6) is -0.468. The molecule has 1 aromatic rings. The van der Waals surface area contributed by atoms with Crippen molar-refractivity contribution in [2.45, 2.75) is 12.8 Å². The van der Waals surface area contributed by atoms with Crippen LogP contribution in [0.1, 0.15) is 12.0 Å². The van der Waals surface area contributed by atoms with E-state index < -0.39 is 32.5 Å². The largest absolute Gasteiger partial charge is 0.504 e. The molecule has 0 fully saturated rings. The standard InChI is InChI=1S/C14H24NO9P/c16-9-15(10-17,11-18)5-7-24-25(21,22)23-6-1-2-12-3-4-13(19)14(20)8-12/h3-4,8,16-18H,1-2,5-7,9-11H2,(H2-,19,20,21,22)/p+1. The Balaban J connectivity index is 2.33. The van der Waals surface area contributed by atoms with Crippen molar-refractivity contribution in [1.29, 1.82) is 0 Å². The van der Waals surface area contributed by atoms with Crippen LogP contribution in [0.2, 0.25) is 0 Å². The molecule has 1 aromatic carbocycles. The van der Waals surface area contributed by atoms with Crippen molar-refractivity contribution in [3.8, 4) is 11.5 Å². The number of aromatic hydroxyl groups is 2. The zero-order valence-electron chi connectivity index (χ0n) is 13.7. The lowest BCUT2D eigenvalue weighted by Gasteiger charge is -2.31. The molecule has 0 aromatic heterocycles. The highest BCUT2D eigenvalue weighted by atomic mass is 31.2. The number of aliphatic hydroxyl groups excluding tert-OH is 3. The van der Waals surface area contributed by atoms with Crippen molar-refractivity contribution in [2.24, 2.45) is 0 Å². The van der Waals surface area contributed by atoms with Gasteiger partial charge in [0.1, 0.15) is 13.2 Å². The fourth-order valence-electron chi connectivity index (χ4n) is 1.91. The van der Waals surface area contributed by atoms with Crippen molar-refractivity contribution in [1.82, 2.24) is 0 Å². The second-order valence-electron chi connectivity index (χ2n) is 5.55. The van der Waals surface area contributed by atoms with Gasteiger partial charge in [-0.2, -0.15) is 0 Å². The molecular weight excluding hydrogens is 357 g/mol. The van der Waals surface area contributed by atoms with Gasteiger partial charge in [-0.25, -0.2) is 4.57 Å². The zero-order chi connectivity index (χ0) is 18.9. The number of benzene rings is 1. The number of hydrogen-bond donors (Lipinski definition) is 6. The molecule has 1 atom stereocenters. The maximum Gasteiger partial charge on any atom is 0.472 e. The monoisotopic (exact) mass is 382 g/mol. The van der Waals surface area contributed by atoms with Gasteiger partial charge in [-0.3, -0.25) is 13.5 Å². The van der Waals surface area contributed by atoms with E-state index in [4.69, 9.17) is 24.4 Å². The number of phosphoric ester groups is 1. The summed E-state index contributed by atoms with van der Waals surface area (Å²) in [7, 11) is -4.29. The second-order valence-corrected chi connectivity index (χ2v) is 7.00. The number of quaternary nitrogens is 1. The van der Waals surface area contributed by atoms with E-state index in [1.165, 1.54) is 12.1 Å². The molecule has 1 unspecified atom stereocenters.